The summed E-state index contributed by atoms with van der Waals surface area (Å²) in [5.41, 5.74) is -1.76. The molecule has 0 saturated carbocycles. The van der Waals surface area contributed by atoms with Gasteiger partial charge in [-0.15, -0.1) is 0 Å². The Bertz CT molecular complexity index is 1640. The van der Waals surface area contributed by atoms with Crippen LogP contribution in [0.5, 0.6) is 5.75 Å². The first-order valence-electron chi connectivity index (χ1n) is 12.8. The Morgan fingerprint density at radius 1 is 1.16 bits per heavy atom. The number of nitrogens with one attached hydrogen (secondary N) is 3. The van der Waals surface area contributed by atoms with Crippen LogP contribution in [0.25, 0.3) is 0 Å². The first kappa shape index (κ1) is 32.1. The van der Waals surface area contributed by atoms with Gasteiger partial charge in [-0.25, -0.2) is 23.5 Å². The topological polar surface area (TPSA) is 238 Å². The summed E-state index contributed by atoms with van der Waals surface area (Å²) in [6.45, 7) is 1.42. The number of carbonyl (C=O) groups is 5. The van der Waals surface area contributed by atoms with Gasteiger partial charge in [0.15, 0.2) is 0 Å². The molecule has 0 bridgehead atoms. The molecule has 2 heterocycles. The van der Waals surface area contributed by atoms with Crippen molar-refractivity contribution >= 4 is 52.7 Å². The first-order valence-corrected chi connectivity index (χ1v) is 14.4. The lowest BCUT2D eigenvalue weighted by Crippen LogP contribution is -2.60. The summed E-state index contributed by atoms with van der Waals surface area (Å²) in [5, 5.41) is 29.1. The van der Waals surface area contributed by atoms with Gasteiger partial charge in [0, 0.05) is 19.6 Å². The minimum absolute atomic E-state index is 0.0502. The number of carboxylic acid groups (broad SMARTS) is 1. The van der Waals surface area contributed by atoms with Gasteiger partial charge in [0.2, 0.25) is 5.91 Å². The molecule has 2 aromatic carbocycles. The third kappa shape index (κ3) is 6.71. The predicted molar refractivity (Wildman–Crippen MR) is 146 cm³/mol. The number of piperazine rings is 1. The van der Waals surface area contributed by atoms with Gasteiger partial charge in [-0.2, -0.15) is 8.42 Å². The van der Waals surface area contributed by atoms with Crippen LogP contribution in [-0.4, -0.2) is 90.8 Å². The van der Waals surface area contributed by atoms with E-state index in [0.29, 0.717) is 17.0 Å². The second-order valence-electron chi connectivity index (χ2n) is 9.65. The maximum absolute atomic E-state index is 15.3. The lowest BCUT2D eigenvalue weighted by atomic mass is 9.72. The van der Waals surface area contributed by atoms with E-state index in [1.807, 2.05) is 5.32 Å². The summed E-state index contributed by atoms with van der Waals surface area (Å²) in [6, 6.07) is 1.42. The Balaban J connectivity index is 1.66. The van der Waals surface area contributed by atoms with Crippen LogP contribution in [0, 0.1) is 11.6 Å². The van der Waals surface area contributed by atoms with Crippen molar-refractivity contribution in [1.29, 1.82) is 0 Å². The summed E-state index contributed by atoms with van der Waals surface area (Å²) in [6.07, 6.45) is -0.210. The molecule has 1 fully saturated rings. The summed E-state index contributed by atoms with van der Waals surface area (Å²) in [4.78, 5) is 64.6. The van der Waals surface area contributed by atoms with Crippen LogP contribution in [0.3, 0.4) is 0 Å². The fourth-order valence-electron chi connectivity index (χ4n) is 4.71. The minimum atomic E-state index is -4.46. The number of hydrogen-bond donors (Lipinski definition) is 6. The molecule has 1 saturated heterocycles. The Labute approximate surface area is 248 Å². The SMILES string of the molecule is CCN1CCN(C(=O)NC(C(=O)N[C@H]2Cc3cccc(C(=O)O)c3OB2O)c2c(F)cc(NS(N)(=O)=O)cc2F)C(=O)C1=O. The lowest BCUT2D eigenvalue weighted by molar-refractivity contribution is -0.153. The largest absolute Gasteiger partial charge is 0.547 e. The smallest absolute Gasteiger partial charge is 0.534 e. The summed E-state index contributed by atoms with van der Waals surface area (Å²) in [5.74, 6) is -9.48. The van der Waals surface area contributed by atoms with Crippen molar-refractivity contribution in [1.82, 2.24) is 20.4 Å². The number of likely N-dealkylation sites (N-methyl/N-ethyl adjacent to an activating group) is 1. The van der Waals surface area contributed by atoms with Crippen molar-refractivity contribution in [3.05, 3.63) is 58.7 Å². The molecule has 44 heavy (non-hydrogen) atoms. The first-order chi connectivity index (χ1) is 20.6. The highest BCUT2D eigenvalue weighted by atomic mass is 32.2. The van der Waals surface area contributed by atoms with Crippen LogP contribution >= 0.6 is 0 Å². The molecular formula is C24H25BF2N6O10S. The van der Waals surface area contributed by atoms with E-state index in [0.717, 1.165) is 4.90 Å². The molecule has 0 aromatic heterocycles. The number of imide groups is 1. The minimum Gasteiger partial charge on any atom is -0.534 e. The van der Waals surface area contributed by atoms with Crippen LogP contribution in [0.15, 0.2) is 30.3 Å². The molecule has 16 nitrogen and oxygen atoms in total. The molecule has 2 aromatic rings. The highest BCUT2D eigenvalue weighted by Crippen LogP contribution is 2.31. The molecule has 4 rings (SSSR count). The molecule has 234 valence electrons. The second kappa shape index (κ2) is 12.4. The van der Waals surface area contributed by atoms with Gasteiger partial charge in [-0.1, -0.05) is 12.1 Å². The molecular weight excluding hydrogens is 613 g/mol. The number of rotatable bonds is 8. The number of anilines is 1. The van der Waals surface area contributed by atoms with E-state index in [1.54, 1.807) is 11.6 Å². The average molecular weight is 638 g/mol. The van der Waals surface area contributed by atoms with Crippen LogP contribution < -0.4 is 25.1 Å². The van der Waals surface area contributed by atoms with Crippen molar-refractivity contribution in [2.24, 2.45) is 5.14 Å². The zero-order valence-electron chi connectivity index (χ0n) is 22.7. The van der Waals surface area contributed by atoms with Crippen molar-refractivity contribution in [2.75, 3.05) is 24.4 Å². The number of carboxylic acids is 1. The normalized spacial score (nSPS) is 17.4. The Hall–Kier alpha value is -4.82. The molecule has 0 aliphatic carbocycles. The molecule has 1 unspecified atom stereocenters. The molecule has 20 heteroatoms. The molecule has 7 N–H and O–H groups in total. The fraction of sp³-hybridized carbons (Fsp3) is 0.292. The highest BCUT2D eigenvalue weighted by Gasteiger charge is 2.42. The van der Waals surface area contributed by atoms with E-state index in [4.69, 9.17) is 9.79 Å². The van der Waals surface area contributed by atoms with Crippen molar-refractivity contribution in [3.63, 3.8) is 0 Å². The number of amides is 5. The second-order valence-corrected chi connectivity index (χ2v) is 10.9. The maximum atomic E-state index is 15.3. The van der Waals surface area contributed by atoms with Crippen LogP contribution in [-0.2, 0) is 31.0 Å². The lowest BCUT2D eigenvalue weighted by Gasteiger charge is -2.33. The number of carbonyl (C=O) groups excluding carboxylic acids is 4. The molecule has 5 amide bonds. The summed E-state index contributed by atoms with van der Waals surface area (Å²) in [7, 11) is -6.31. The zero-order chi connectivity index (χ0) is 32.5. The number of para-hydroxylation sites is 1. The Morgan fingerprint density at radius 2 is 1.82 bits per heavy atom. The fourth-order valence-corrected chi connectivity index (χ4v) is 5.15. The van der Waals surface area contributed by atoms with Gasteiger partial charge in [-0.05, 0) is 37.1 Å². The van der Waals surface area contributed by atoms with Crippen molar-refractivity contribution in [3.8, 4) is 5.75 Å². The van der Waals surface area contributed by atoms with Crippen LogP contribution in [0.4, 0.5) is 19.3 Å². The molecule has 0 spiro atoms. The number of urea groups is 1. The number of benzene rings is 2. The quantitative estimate of drug-likeness (QED) is 0.150. The number of nitrogens with two attached hydrogens (primary N) is 1. The number of nitrogens with zero attached hydrogens (tertiary/aromatic N) is 2. The third-order valence-corrected chi connectivity index (χ3v) is 7.29. The Morgan fingerprint density at radius 3 is 2.41 bits per heavy atom. The molecule has 2 atom stereocenters. The maximum Gasteiger partial charge on any atom is 0.547 e. The van der Waals surface area contributed by atoms with E-state index in [1.165, 1.54) is 18.2 Å². The van der Waals surface area contributed by atoms with Crippen LogP contribution in [0.1, 0.15) is 34.5 Å². The van der Waals surface area contributed by atoms with E-state index >= 15 is 8.78 Å². The van der Waals surface area contributed by atoms with Crippen molar-refractivity contribution in [2.45, 2.75) is 25.3 Å². The van der Waals surface area contributed by atoms with Crippen molar-refractivity contribution < 1.29 is 56.0 Å². The number of halogens is 2. The van der Waals surface area contributed by atoms with Gasteiger partial charge in [0.05, 0.1) is 22.8 Å². The predicted octanol–water partition coefficient (Wildman–Crippen LogP) is -1.14. The molecule has 2 aliphatic heterocycles. The van der Waals surface area contributed by atoms with Gasteiger partial charge in [-0.3, -0.25) is 24.0 Å². The number of fused-ring (bicyclic) bond motifs is 1. The molecule has 2 aliphatic rings. The number of hydrogen-bond acceptors (Lipinski definition) is 9. The standard InChI is InChI=1S/C24H25BF2N6O10S/c1-2-32-6-7-33(22(36)21(32)35)24(39)30-18(17-14(26)9-12(10-15(17)27)31-44(28,41)42)20(34)29-16-8-11-4-3-5-13(23(37)38)19(11)43-25(16)40/h3-5,9-10,16,18,31,40H,2,6-8H2,1H3,(H,29,34)(H,30,39)(H,37,38)(H2,28,41,42)/t16-,18?/m0/s1. The van der Waals surface area contributed by atoms with Gasteiger partial charge in [0.1, 0.15) is 23.4 Å². The monoisotopic (exact) mass is 638 g/mol. The summed E-state index contributed by atoms with van der Waals surface area (Å²) >= 11 is 0. The molecule has 0 radical (unpaired) electrons. The Kier molecular flexibility index (Phi) is 9.07. The van der Waals surface area contributed by atoms with Gasteiger partial charge in [0.25, 0.3) is 10.2 Å². The average Bonchev–Trinajstić information content (AvgIpc) is 2.92. The zero-order valence-corrected chi connectivity index (χ0v) is 23.6. The van der Waals surface area contributed by atoms with E-state index in [2.05, 4.69) is 5.32 Å². The van der Waals surface area contributed by atoms with E-state index in [9.17, 15) is 42.5 Å². The van der Waals surface area contributed by atoms with Crippen LogP contribution in [0.2, 0.25) is 0 Å². The van der Waals surface area contributed by atoms with Gasteiger partial charge >= 0.3 is 30.9 Å². The van der Waals surface area contributed by atoms with E-state index in [-0.39, 0.29) is 42.9 Å². The van der Waals surface area contributed by atoms with E-state index < -0.39 is 81.9 Å². The third-order valence-electron chi connectivity index (χ3n) is 6.77. The number of aromatic carboxylic acids is 1. The summed E-state index contributed by atoms with van der Waals surface area (Å²) < 4.78 is 60.2. The van der Waals surface area contributed by atoms with Gasteiger partial charge < -0.3 is 30.3 Å². The highest BCUT2D eigenvalue weighted by molar-refractivity contribution is 7.90.